The lowest BCUT2D eigenvalue weighted by Gasteiger charge is -2.39. The summed E-state index contributed by atoms with van der Waals surface area (Å²) in [6.45, 7) is 4.27. The number of allylic oxidation sites excluding steroid dienone is 1. The third-order valence-corrected chi connectivity index (χ3v) is 7.39. The largest absolute Gasteiger partial charge is 0.458 e. The number of nitro benzene ring substituents is 1. The van der Waals surface area contributed by atoms with Crippen LogP contribution in [-0.4, -0.2) is 10.7 Å². The van der Waals surface area contributed by atoms with Gasteiger partial charge in [-0.2, -0.15) is 0 Å². The zero-order valence-electron chi connectivity index (χ0n) is 19.8. The van der Waals surface area contributed by atoms with Crippen LogP contribution in [0.4, 0.5) is 11.4 Å². The minimum atomic E-state index is -0.486. The van der Waals surface area contributed by atoms with Crippen LogP contribution in [0.2, 0.25) is 5.02 Å². The Kier molecular flexibility index (Phi) is 5.05. The molecule has 2 aliphatic rings. The number of ketones is 1. The molecule has 2 heterocycles. The molecule has 1 atom stereocenters. The number of rotatable bonds is 3. The second-order valence-corrected chi connectivity index (χ2v) is 10.7. The number of furan rings is 1. The van der Waals surface area contributed by atoms with Gasteiger partial charge in [-0.25, -0.2) is 0 Å². The molecule has 36 heavy (non-hydrogen) atoms. The molecule has 0 radical (unpaired) electrons. The van der Waals surface area contributed by atoms with Gasteiger partial charge in [0.1, 0.15) is 17.6 Å². The van der Waals surface area contributed by atoms with Gasteiger partial charge in [0, 0.05) is 40.9 Å². The van der Waals surface area contributed by atoms with Crippen LogP contribution in [-0.2, 0) is 4.79 Å². The summed E-state index contributed by atoms with van der Waals surface area (Å²) < 4.78 is 6.24. The number of hydrogen-bond donors (Lipinski definition) is 1. The Balaban J connectivity index is 1.49. The highest BCUT2D eigenvalue weighted by atomic mass is 35.5. The van der Waals surface area contributed by atoms with Gasteiger partial charge < -0.3 is 9.73 Å². The third-order valence-electron chi connectivity index (χ3n) is 7.08. The molecule has 1 aromatic heterocycles. The maximum atomic E-state index is 13.6. The van der Waals surface area contributed by atoms with Crippen molar-refractivity contribution < 1.29 is 14.1 Å². The number of hydrogen-bond acceptors (Lipinski definition) is 5. The summed E-state index contributed by atoms with van der Waals surface area (Å²) in [7, 11) is 0. The van der Waals surface area contributed by atoms with E-state index in [0.717, 1.165) is 39.6 Å². The molecule has 4 aromatic rings. The van der Waals surface area contributed by atoms with Gasteiger partial charge >= 0.3 is 0 Å². The normalized spacial score (nSPS) is 18.5. The number of nitro groups is 1. The van der Waals surface area contributed by atoms with Gasteiger partial charge in [0.15, 0.2) is 5.78 Å². The molecule has 0 bridgehead atoms. The molecule has 1 N–H and O–H groups in total. The van der Waals surface area contributed by atoms with E-state index in [1.54, 1.807) is 12.1 Å². The van der Waals surface area contributed by atoms with E-state index in [-0.39, 0.29) is 21.9 Å². The van der Waals surface area contributed by atoms with Crippen molar-refractivity contribution in [3.8, 4) is 11.3 Å². The van der Waals surface area contributed by atoms with E-state index in [1.807, 2.05) is 18.2 Å². The van der Waals surface area contributed by atoms with Crippen molar-refractivity contribution in [2.24, 2.45) is 5.41 Å². The van der Waals surface area contributed by atoms with Gasteiger partial charge in [0.05, 0.1) is 9.95 Å². The second-order valence-electron chi connectivity index (χ2n) is 10.2. The Morgan fingerprint density at radius 1 is 1.06 bits per heavy atom. The van der Waals surface area contributed by atoms with E-state index >= 15 is 0 Å². The van der Waals surface area contributed by atoms with Crippen LogP contribution in [0.3, 0.4) is 0 Å². The van der Waals surface area contributed by atoms with Crippen molar-refractivity contribution in [3.63, 3.8) is 0 Å². The highest BCUT2D eigenvalue weighted by Gasteiger charge is 2.41. The topological polar surface area (TPSA) is 85.4 Å². The number of carbonyl (C=O) groups excluding carboxylic acids is 1. The summed E-state index contributed by atoms with van der Waals surface area (Å²) in [5, 5.41) is 17.1. The summed E-state index contributed by atoms with van der Waals surface area (Å²) in [6, 6.07) is 19.9. The van der Waals surface area contributed by atoms with Crippen molar-refractivity contribution in [1.29, 1.82) is 0 Å². The lowest BCUT2D eigenvalue weighted by molar-refractivity contribution is -0.384. The van der Waals surface area contributed by atoms with Gasteiger partial charge in [-0.1, -0.05) is 55.8 Å². The van der Waals surface area contributed by atoms with Crippen LogP contribution in [0, 0.1) is 15.5 Å². The average molecular weight is 499 g/mol. The summed E-state index contributed by atoms with van der Waals surface area (Å²) in [4.78, 5) is 24.2. The summed E-state index contributed by atoms with van der Waals surface area (Å²) in [5.74, 6) is 1.20. The van der Waals surface area contributed by atoms with Gasteiger partial charge in [0.2, 0.25) is 0 Å². The number of non-ortho nitro benzene ring substituents is 1. The van der Waals surface area contributed by atoms with Gasteiger partial charge in [0.25, 0.3) is 5.69 Å². The molecule has 0 saturated heterocycles. The number of benzene rings is 3. The molecule has 180 valence electrons. The molecule has 1 unspecified atom stereocenters. The zero-order valence-corrected chi connectivity index (χ0v) is 20.6. The molecule has 0 fully saturated rings. The van der Waals surface area contributed by atoms with Crippen LogP contribution in [0.15, 0.2) is 76.7 Å². The van der Waals surface area contributed by atoms with Crippen LogP contribution in [0.5, 0.6) is 0 Å². The Morgan fingerprint density at radius 2 is 1.86 bits per heavy atom. The summed E-state index contributed by atoms with van der Waals surface area (Å²) in [5.41, 5.74) is 4.19. The number of nitrogens with zero attached hydrogens (tertiary/aromatic N) is 1. The van der Waals surface area contributed by atoms with Gasteiger partial charge in [-0.3, -0.25) is 14.9 Å². The van der Waals surface area contributed by atoms with Crippen LogP contribution >= 0.6 is 11.6 Å². The van der Waals surface area contributed by atoms with E-state index < -0.39 is 11.0 Å². The summed E-state index contributed by atoms with van der Waals surface area (Å²) >= 11 is 6.35. The average Bonchev–Trinajstić information content (AvgIpc) is 3.32. The molecule has 3 aromatic carbocycles. The number of carbonyl (C=O) groups is 1. The fourth-order valence-corrected chi connectivity index (χ4v) is 5.79. The van der Waals surface area contributed by atoms with Gasteiger partial charge in [-0.05, 0) is 52.4 Å². The Morgan fingerprint density at radius 3 is 2.64 bits per heavy atom. The molecular formula is C29H23ClN2O4. The van der Waals surface area contributed by atoms with E-state index in [2.05, 4.69) is 43.4 Å². The van der Waals surface area contributed by atoms with Crippen LogP contribution in [0.25, 0.3) is 27.7 Å². The minimum Gasteiger partial charge on any atom is -0.458 e. The first kappa shape index (κ1) is 22.6. The van der Waals surface area contributed by atoms with Crippen molar-refractivity contribution in [1.82, 2.24) is 0 Å². The quantitative estimate of drug-likeness (QED) is 0.228. The molecule has 6 rings (SSSR count). The number of halogens is 1. The van der Waals surface area contributed by atoms with Gasteiger partial charge in [-0.15, -0.1) is 0 Å². The lowest BCUT2D eigenvalue weighted by Crippen LogP contribution is -2.33. The Hall–Kier alpha value is -3.90. The lowest BCUT2D eigenvalue weighted by atomic mass is 9.68. The predicted octanol–water partition coefficient (Wildman–Crippen LogP) is 7.97. The molecule has 0 spiro atoms. The smallest absolute Gasteiger partial charge is 0.270 e. The molecule has 0 saturated carbocycles. The first-order chi connectivity index (χ1) is 17.2. The predicted molar refractivity (Wildman–Crippen MR) is 141 cm³/mol. The minimum absolute atomic E-state index is 0.0847. The fourth-order valence-electron chi connectivity index (χ4n) is 5.52. The van der Waals surface area contributed by atoms with Crippen molar-refractivity contribution in [2.45, 2.75) is 32.7 Å². The highest BCUT2D eigenvalue weighted by molar-refractivity contribution is 6.33. The first-order valence-corrected chi connectivity index (χ1v) is 12.2. The number of Topliss-reactive ketones (excluding diaryl/α,β-unsaturated/α-hetero) is 1. The monoisotopic (exact) mass is 498 g/mol. The molecule has 6 nitrogen and oxygen atoms in total. The maximum Gasteiger partial charge on any atom is 0.270 e. The fraction of sp³-hybridized carbons (Fsp3) is 0.207. The van der Waals surface area contributed by atoms with Crippen molar-refractivity contribution >= 4 is 45.1 Å². The maximum absolute atomic E-state index is 13.6. The molecule has 1 aliphatic heterocycles. The number of anilines is 1. The van der Waals surface area contributed by atoms with Crippen molar-refractivity contribution in [3.05, 3.63) is 98.8 Å². The van der Waals surface area contributed by atoms with E-state index in [0.29, 0.717) is 23.5 Å². The van der Waals surface area contributed by atoms with Crippen molar-refractivity contribution in [2.75, 3.05) is 5.32 Å². The highest BCUT2D eigenvalue weighted by Crippen LogP contribution is 2.52. The van der Waals surface area contributed by atoms with Crippen LogP contribution in [0.1, 0.15) is 44.1 Å². The SMILES string of the molecule is CC1(C)CC(=O)C2=C(C1)c1c(ccc3ccccc13)NC2c1ccc(-c2ccc([N+](=O)[O-])cc2Cl)o1. The van der Waals surface area contributed by atoms with E-state index in [1.165, 1.54) is 12.1 Å². The zero-order chi connectivity index (χ0) is 25.2. The first-order valence-electron chi connectivity index (χ1n) is 11.8. The molecule has 7 heteroatoms. The van der Waals surface area contributed by atoms with E-state index in [9.17, 15) is 14.9 Å². The molecule has 1 aliphatic carbocycles. The second kappa shape index (κ2) is 8.07. The van der Waals surface area contributed by atoms with Crippen LogP contribution < -0.4 is 5.32 Å². The number of nitrogens with one attached hydrogen (secondary N) is 1. The standard InChI is InChI=1S/C29H23ClN2O4/c1-29(2)14-20-26-18-6-4-3-5-16(18)7-10-22(26)31-28(27(20)23(33)15-29)25-12-11-24(36-25)19-9-8-17(32(34)35)13-21(19)30/h3-13,28,31H,14-15H2,1-2H3. The molecular weight excluding hydrogens is 476 g/mol. The molecule has 0 amide bonds. The van der Waals surface area contributed by atoms with E-state index in [4.69, 9.17) is 16.0 Å². The Bertz CT molecular complexity index is 1610. The summed E-state index contributed by atoms with van der Waals surface area (Å²) in [6.07, 6.45) is 1.25. The Labute approximate surface area is 212 Å². The number of fused-ring (bicyclic) bond motifs is 4. The third kappa shape index (κ3) is 3.60.